The predicted molar refractivity (Wildman–Crippen MR) is 116 cm³/mol. The van der Waals surface area contributed by atoms with Crippen LogP contribution in [0.5, 0.6) is 5.75 Å². The number of hydrogen-bond donors (Lipinski definition) is 2. The van der Waals surface area contributed by atoms with Gasteiger partial charge in [0.2, 0.25) is 5.91 Å². The Labute approximate surface area is 179 Å². The molecule has 0 aliphatic carbocycles. The SMILES string of the molecule is CCCOc1ccccc1-c1nc2c(c(=O)[nH]1)N(Cc1cccnc1)N(NC(C)=O)C2. The summed E-state index contributed by atoms with van der Waals surface area (Å²) in [6.45, 7) is 4.66. The van der Waals surface area contributed by atoms with Crippen LogP contribution in [0.3, 0.4) is 0 Å². The molecule has 31 heavy (non-hydrogen) atoms. The second kappa shape index (κ2) is 8.97. The number of nitrogens with one attached hydrogen (secondary N) is 2. The Hall–Kier alpha value is -3.72. The highest BCUT2D eigenvalue weighted by Gasteiger charge is 2.33. The van der Waals surface area contributed by atoms with E-state index in [4.69, 9.17) is 9.72 Å². The Kier molecular flexibility index (Phi) is 5.94. The minimum absolute atomic E-state index is 0.237. The number of fused-ring (bicyclic) bond motifs is 1. The first-order chi connectivity index (χ1) is 15.1. The summed E-state index contributed by atoms with van der Waals surface area (Å²) in [5.41, 5.74) is 5.06. The Balaban J connectivity index is 1.74. The normalized spacial score (nSPS) is 13.2. The summed E-state index contributed by atoms with van der Waals surface area (Å²) in [5.74, 6) is 0.858. The highest BCUT2D eigenvalue weighted by Crippen LogP contribution is 2.31. The number of carbonyl (C=O) groups is 1. The Morgan fingerprint density at radius 1 is 1.26 bits per heavy atom. The number of amides is 1. The number of H-pyrrole nitrogens is 1. The fourth-order valence-electron chi connectivity index (χ4n) is 3.48. The van der Waals surface area contributed by atoms with Crippen LogP contribution >= 0.6 is 0 Å². The van der Waals surface area contributed by atoms with Crippen molar-refractivity contribution >= 4 is 11.6 Å². The van der Waals surface area contributed by atoms with E-state index in [1.165, 1.54) is 6.92 Å². The minimum Gasteiger partial charge on any atom is -0.493 e. The summed E-state index contributed by atoms with van der Waals surface area (Å²) < 4.78 is 5.83. The zero-order chi connectivity index (χ0) is 21.8. The zero-order valence-corrected chi connectivity index (χ0v) is 17.5. The maximum Gasteiger partial charge on any atom is 0.276 e. The van der Waals surface area contributed by atoms with E-state index in [0.717, 1.165) is 12.0 Å². The number of rotatable bonds is 7. The largest absolute Gasteiger partial charge is 0.493 e. The molecule has 160 valence electrons. The lowest BCUT2D eigenvalue weighted by Gasteiger charge is -2.29. The van der Waals surface area contributed by atoms with Crippen molar-refractivity contribution in [2.75, 3.05) is 11.6 Å². The summed E-state index contributed by atoms with van der Waals surface area (Å²) in [7, 11) is 0. The topological polar surface area (TPSA) is 103 Å². The zero-order valence-electron chi connectivity index (χ0n) is 17.5. The van der Waals surface area contributed by atoms with Crippen molar-refractivity contribution in [1.29, 1.82) is 0 Å². The second-order valence-corrected chi connectivity index (χ2v) is 7.20. The van der Waals surface area contributed by atoms with Crippen LogP contribution in [0.1, 0.15) is 31.5 Å². The second-order valence-electron chi connectivity index (χ2n) is 7.20. The number of carbonyl (C=O) groups excluding carboxylic acids is 1. The molecule has 0 saturated heterocycles. The standard InChI is InChI=1S/C22H24N6O3/c1-3-11-31-19-9-5-4-8-17(19)21-24-18-14-28(26-15(2)29)27(20(18)22(30)25-21)13-16-7-6-10-23-12-16/h4-10,12H,3,11,13-14H2,1-2H3,(H,26,29)(H,24,25,30). The van der Waals surface area contributed by atoms with E-state index >= 15 is 0 Å². The fourth-order valence-corrected chi connectivity index (χ4v) is 3.48. The van der Waals surface area contributed by atoms with Gasteiger partial charge < -0.3 is 9.72 Å². The van der Waals surface area contributed by atoms with Crippen molar-refractivity contribution < 1.29 is 9.53 Å². The molecule has 0 fully saturated rings. The summed E-state index contributed by atoms with van der Waals surface area (Å²) in [6.07, 6.45) is 4.28. The van der Waals surface area contributed by atoms with Gasteiger partial charge in [-0.25, -0.2) is 4.98 Å². The third-order valence-electron chi connectivity index (χ3n) is 4.76. The fraction of sp³-hybridized carbons (Fsp3) is 0.273. The lowest BCUT2D eigenvalue weighted by Crippen LogP contribution is -2.49. The van der Waals surface area contributed by atoms with Crippen molar-refractivity contribution in [2.24, 2.45) is 0 Å². The van der Waals surface area contributed by atoms with Crippen LogP contribution in [-0.2, 0) is 17.9 Å². The molecule has 9 heteroatoms. The number of aromatic nitrogens is 3. The van der Waals surface area contributed by atoms with Crippen LogP contribution in [0.4, 0.5) is 5.69 Å². The average molecular weight is 420 g/mol. The molecule has 1 amide bonds. The number of nitrogens with zero attached hydrogens (tertiary/aromatic N) is 4. The molecule has 0 unspecified atom stereocenters. The van der Waals surface area contributed by atoms with Crippen LogP contribution in [0.2, 0.25) is 0 Å². The maximum absolute atomic E-state index is 13.1. The highest BCUT2D eigenvalue weighted by molar-refractivity contribution is 5.73. The number of para-hydroxylation sites is 1. The molecule has 0 spiro atoms. The van der Waals surface area contributed by atoms with Crippen LogP contribution in [-0.4, -0.2) is 32.6 Å². The minimum atomic E-state index is -0.290. The maximum atomic E-state index is 13.1. The van der Waals surface area contributed by atoms with Crippen molar-refractivity contribution in [1.82, 2.24) is 25.5 Å². The third-order valence-corrected chi connectivity index (χ3v) is 4.76. The average Bonchev–Trinajstić information content (AvgIpc) is 3.09. The van der Waals surface area contributed by atoms with Crippen LogP contribution in [0.15, 0.2) is 53.6 Å². The van der Waals surface area contributed by atoms with Crippen LogP contribution in [0.25, 0.3) is 11.4 Å². The molecule has 0 saturated carbocycles. The highest BCUT2D eigenvalue weighted by atomic mass is 16.5. The summed E-state index contributed by atoms with van der Waals surface area (Å²) in [6, 6.07) is 11.2. The number of benzene rings is 1. The monoisotopic (exact) mass is 420 g/mol. The van der Waals surface area contributed by atoms with Crippen LogP contribution in [0, 0.1) is 0 Å². The molecule has 1 aliphatic rings. The number of ether oxygens (including phenoxy) is 1. The molecule has 0 bridgehead atoms. The molecule has 3 heterocycles. The molecular formula is C22H24N6O3. The van der Waals surface area contributed by atoms with Crippen molar-refractivity contribution in [2.45, 2.75) is 33.4 Å². The van der Waals surface area contributed by atoms with Gasteiger partial charge in [0.05, 0.1) is 31.0 Å². The molecule has 2 N–H and O–H groups in total. The van der Waals surface area contributed by atoms with Crippen molar-refractivity contribution in [3.63, 3.8) is 0 Å². The number of pyridine rings is 1. The summed E-state index contributed by atoms with van der Waals surface area (Å²) in [4.78, 5) is 36.6. The molecule has 2 aromatic heterocycles. The molecule has 3 aromatic rings. The van der Waals surface area contributed by atoms with Gasteiger partial charge in [0, 0.05) is 19.3 Å². The molecular weight excluding hydrogens is 396 g/mol. The van der Waals surface area contributed by atoms with Crippen molar-refractivity contribution in [3.8, 4) is 17.1 Å². The van der Waals surface area contributed by atoms with E-state index in [9.17, 15) is 9.59 Å². The molecule has 4 rings (SSSR count). The Morgan fingerprint density at radius 3 is 2.84 bits per heavy atom. The first-order valence-corrected chi connectivity index (χ1v) is 10.1. The number of hydrazine groups is 2. The molecule has 1 aromatic carbocycles. The van der Waals surface area contributed by atoms with E-state index in [0.29, 0.717) is 41.7 Å². The Bertz CT molecular complexity index is 1130. The van der Waals surface area contributed by atoms with Crippen LogP contribution < -0.4 is 20.7 Å². The number of anilines is 1. The summed E-state index contributed by atoms with van der Waals surface area (Å²) in [5, 5.41) is 3.31. The van der Waals surface area contributed by atoms with Crippen molar-refractivity contribution in [3.05, 3.63) is 70.4 Å². The van der Waals surface area contributed by atoms with Gasteiger partial charge in [-0.3, -0.25) is 25.0 Å². The van der Waals surface area contributed by atoms with Gasteiger partial charge in [0.25, 0.3) is 5.56 Å². The predicted octanol–water partition coefficient (Wildman–Crippen LogP) is 2.41. The number of hydrogen-bond acceptors (Lipinski definition) is 7. The van der Waals surface area contributed by atoms with Gasteiger partial charge >= 0.3 is 0 Å². The van der Waals surface area contributed by atoms with E-state index < -0.39 is 0 Å². The third kappa shape index (κ3) is 4.41. The quantitative estimate of drug-likeness (QED) is 0.605. The van der Waals surface area contributed by atoms with Gasteiger partial charge in [0.1, 0.15) is 17.3 Å². The van der Waals surface area contributed by atoms with Gasteiger partial charge in [-0.05, 0) is 30.2 Å². The first-order valence-electron chi connectivity index (χ1n) is 10.1. The first kappa shape index (κ1) is 20.5. The lowest BCUT2D eigenvalue weighted by atomic mass is 10.1. The van der Waals surface area contributed by atoms with Gasteiger partial charge in [-0.2, -0.15) is 0 Å². The summed E-state index contributed by atoms with van der Waals surface area (Å²) >= 11 is 0. The van der Waals surface area contributed by atoms with Gasteiger partial charge in [0.15, 0.2) is 0 Å². The molecule has 1 aliphatic heterocycles. The number of aromatic amines is 1. The lowest BCUT2D eigenvalue weighted by molar-refractivity contribution is -0.124. The van der Waals surface area contributed by atoms with Gasteiger partial charge in [-0.1, -0.05) is 25.1 Å². The van der Waals surface area contributed by atoms with Gasteiger partial charge in [-0.15, -0.1) is 5.12 Å². The molecule has 0 radical (unpaired) electrons. The smallest absolute Gasteiger partial charge is 0.276 e. The molecule has 0 atom stereocenters. The Morgan fingerprint density at radius 2 is 2.10 bits per heavy atom. The van der Waals surface area contributed by atoms with E-state index in [-0.39, 0.29) is 18.0 Å². The molecule has 9 nitrogen and oxygen atoms in total. The van der Waals surface area contributed by atoms with E-state index in [2.05, 4.69) is 15.4 Å². The van der Waals surface area contributed by atoms with E-state index in [1.54, 1.807) is 22.5 Å². The van der Waals surface area contributed by atoms with E-state index in [1.807, 2.05) is 43.3 Å².